The summed E-state index contributed by atoms with van der Waals surface area (Å²) in [6.45, 7) is 3.07. The Bertz CT molecular complexity index is 1220. The van der Waals surface area contributed by atoms with Crippen LogP contribution in [0.25, 0.3) is 0 Å². The SMILES string of the molecule is N#Cc1ccc(N2CCN(c3nc4c(c(Nc5cccc(F)c5)n3)S(=O)CC4)CC2)cc1. The number of aromatic nitrogens is 2. The van der Waals surface area contributed by atoms with Gasteiger partial charge in [0.15, 0.2) is 5.82 Å². The Balaban J connectivity index is 1.37. The Kier molecular flexibility index (Phi) is 5.45. The second kappa shape index (κ2) is 8.55. The maximum atomic E-state index is 13.6. The highest BCUT2D eigenvalue weighted by Crippen LogP contribution is 2.32. The highest BCUT2D eigenvalue weighted by atomic mass is 32.2. The number of hydrogen-bond donors (Lipinski definition) is 1. The molecule has 9 heteroatoms. The summed E-state index contributed by atoms with van der Waals surface area (Å²) in [5.41, 5.74) is 3.09. The topological polar surface area (TPSA) is 85.2 Å². The normalized spacial score (nSPS) is 17.7. The van der Waals surface area contributed by atoms with Gasteiger partial charge in [0.1, 0.15) is 10.7 Å². The van der Waals surface area contributed by atoms with Crippen LogP contribution in [0.3, 0.4) is 0 Å². The molecule has 0 saturated carbocycles. The van der Waals surface area contributed by atoms with Crippen molar-refractivity contribution in [1.29, 1.82) is 5.26 Å². The van der Waals surface area contributed by atoms with Crippen molar-refractivity contribution < 1.29 is 8.60 Å². The molecule has 1 aromatic heterocycles. The van der Waals surface area contributed by atoms with Crippen LogP contribution in [-0.2, 0) is 17.2 Å². The van der Waals surface area contributed by atoms with Gasteiger partial charge in [-0.25, -0.2) is 9.37 Å². The molecule has 1 saturated heterocycles. The second-order valence-electron chi connectivity index (χ2n) is 7.72. The number of benzene rings is 2. The van der Waals surface area contributed by atoms with E-state index in [0.717, 1.165) is 37.6 Å². The van der Waals surface area contributed by atoms with Crippen molar-refractivity contribution in [3.05, 3.63) is 65.6 Å². The molecule has 0 radical (unpaired) electrons. The molecule has 1 atom stereocenters. The van der Waals surface area contributed by atoms with Gasteiger partial charge in [-0.3, -0.25) is 4.21 Å². The Labute approximate surface area is 188 Å². The second-order valence-corrected chi connectivity index (χ2v) is 9.22. The quantitative estimate of drug-likeness (QED) is 0.656. The zero-order valence-electron chi connectivity index (χ0n) is 17.3. The fraction of sp³-hybridized carbons (Fsp3) is 0.261. The lowest BCUT2D eigenvalue weighted by molar-refractivity contribution is 0.628. The van der Waals surface area contributed by atoms with Crippen molar-refractivity contribution in [2.75, 3.05) is 47.0 Å². The first kappa shape index (κ1) is 20.4. The van der Waals surface area contributed by atoms with E-state index in [0.29, 0.717) is 40.1 Å². The molecule has 0 spiro atoms. The van der Waals surface area contributed by atoms with E-state index in [-0.39, 0.29) is 5.82 Å². The van der Waals surface area contributed by atoms with E-state index in [9.17, 15) is 8.60 Å². The van der Waals surface area contributed by atoms with E-state index in [1.54, 1.807) is 12.1 Å². The third-order valence-electron chi connectivity index (χ3n) is 5.69. The van der Waals surface area contributed by atoms with Crippen molar-refractivity contribution in [2.24, 2.45) is 0 Å². The molecule has 2 aromatic carbocycles. The van der Waals surface area contributed by atoms with E-state index in [1.165, 1.54) is 12.1 Å². The molecule has 2 aliphatic heterocycles. The van der Waals surface area contributed by atoms with Crippen molar-refractivity contribution >= 4 is 33.9 Å². The largest absolute Gasteiger partial charge is 0.368 e. The predicted molar refractivity (Wildman–Crippen MR) is 122 cm³/mol. The molecule has 5 rings (SSSR count). The van der Waals surface area contributed by atoms with Crippen molar-refractivity contribution in [2.45, 2.75) is 11.3 Å². The van der Waals surface area contributed by atoms with Gasteiger partial charge in [0, 0.05) is 49.7 Å². The number of fused-ring (bicyclic) bond motifs is 1. The van der Waals surface area contributed by atoms with Crippen LogP contribution in [0.4, 0.5) is 27.5 Å². The summed E-state index contributed by atoms with van der Waals surface area (Å²) in [5, 5.41) is 12.1. The molecule has 3 aromatic rings. The molecule has 32 heavy (non-hydrogen) atoms. The number of halogens is 1. The average Bonchev–Trinajstić information content (AvgIpc) is 3.20. The Morgan fingerprint density at radius 1 is 1.03 bits per heavy atom. The van der Waals surface area contributed by atoms with Gasteiger partial charge in [-0.05, 0) is 42.5 Å². The number of aryl methyl sites for hydroxylation is 1. The minimum atomic E-state index is -1.17. The van der Waals surface area contributed by atoms with Gasteiger partial charge in [0.05, 0.1) is 28.1 Å². The van der Waals surface area contributed by atoms with Crippen molar-refractivity contribution in [1.82, 2.24) is 9.97 Å². The van der Waals surface area contributed by atoms with E-state index < -0.39 is 10.8 Å². The smallest absolute Gasteiger partial charge is 0.227 e. The Hall–Kier alpha value is -3.51. The number of anilines is 4. The minimum Gasteiger partial charge on any atom is -0.368 e. The minimum absolute atomic E-state index is 0.346. The molecule has 0 bridgehead atoms. The molecule has 7 nitrogen and oxygen atoms in total. The molecule has 1 fully saturated rings. The predicted octanol–water partition coefficient (Wildman–Crippen LogP) is 3.22. The molecule has 162 valence electrons. The third kappa shape index (κ3) is 4.01. The number of nitrogens with zero attached hydrogens (tertiary/aromatic N) is 5. The van der Waals surface area contributed by atoms with Crippen molar-refractivity contribution in [3.63, 3.8) is 0 Å². The standard InChI is InChI=1S/C23H21FN6OS/c24-17-2-1-3-18(14-17)26-22-21-20(8-13-32(21)31)27-23(28-22)30-11-9-29(10-12-30)19-6-4-16(15-25)5-7-19/h1-7,14H,8-13H2,(H,26,27,28). The highest BCUT2D eigenvalue weighted by Gasteiger charge is 2.28. The van der Waals surface area contributed by atoms with E-state index >= 15 is 0 Å². The number of nitrogens with one attached hydrogen (secondary N) is 1. The molecular formula is C23H21FN6OS. The lowest BCUT2D eigenvalue weighted by Gasteiger charge is -2.36. The zero-order chi connectivity index (χ0) is 22.1. The number of hydrogen-bond acceptors (Lipinski definition) is 7. The number of nitriles is 1. The van der Waals surface area contributed by atoms with Gasteiger partial charge in [-0.15, -0.1) is 0 Å². The van der Waals surface area contributed by atoms with Crippen LogP contribution >= 0.6 is 0 Å². The summed E-state index contributed by atoms with van der Waals surface area (Å²) in [6, 6.07) is 15.9. The average molecular weight is 449 g/mol. The van der Waals surface area contributed by atoms with E-state index in [1.807, 2.05) is 24.3 Å². The third-order valence-corrected chi connectivity index (χ3v) is 7.15. The summed E-state index contributed by atoms with van der Waals surface area (Å²) < 4.78 is 26.2. The first-order valence-electron chi connectivity index (χ1n) is 10.4. The summed E-state index contributed by atoms with van der Waals surface area (Å²) in [7, 11) is -1.17. The van der Waals surface area contributed by atoms with Crippen LogP contribution in [0.15, 0.2) is 53.4 Å². The van der Waals surface area contributed by atoms with Gasteiger partial charge in [-0.2, -0.15) is 10.2 Å². The fourth-order valence-electron chi connectivity index (χ4n) is 4.02. The lowest BCUT2D eigenvalue weighted by Crippen LogP contribution is -2.47. The maximum absolute atomic E-state index is 13.6. The summed E-state index contributed by atoms with van der Waals surface area (Å²) >= 11 is 0. The molecule has 1 unspecified atom stereocenters. The van der Waals surface area contributed by atoms with E-state index in [2.05, 4.69) is 21.2 Å². The van der Waals surface area contributed by atoms with Crippen LogP contribution < -0.4 is 15.1 Å². The van der Waals surface area contributed by atoms with Gasteiger partial charge in [-0.1, -0.05) is 6.07 Å². The first-order valence-corrected chi connectivity index (χ1v) is 11.7. The van der Waals surface area contributed by atoms with Gasteiger partial charge in [0.25, 0.3) is 0 Å². The van der Waals surface area contributed by atoms with E-state index in [4.69, 9.17) is 15.2 Å². The summed E-state index contributed by atoms with van der Waals surface area (Å²) in [4.78, 5) is 14.4. The first-order chi connectivity index (χ1) is 15.6. The maximum Gasteiger partial charge on any atom is 0.227 e. The molecule has 0 amide bonds. The summed E-state index contributed by atoms with van der Waals surface area (Å²) in [5.74, 6) is 1.26. The highest BCUT2D eigenvalue weighted by molar-refractivity contribution is 7.85. The summed E-state index contributed by atoms with van der Waals surface area (Å²) in [6.07, 6.45) is 0.639. The van der Waals surface area contributed by atoms with Crippen LogP contribution in [0.5, 0.6) is 0 Å². The van der Waals surface area contributed by atoms with Crippen LogP contribution in [0.1, 0.15) is 11.3 Å². The molecule has 0 aliphatic carbocycles. The number of rotatable bonds is 4. The van der Waals surface area contributed by atoms with Crippen LogP contribution in [0.2, 0.25) is 0 Å². The lowest BCUT2D eigenvalue weighted by atomic mass is 10.2. The molecule has 3 heterocycles. The van der Waals surface area contributed by atoms with Gasteiger partial charge >= 0.3 is 0 Å². The van der Waals surface area contributed by atoms with Gasteiger partial charge in [0.2, 0.25) is 5.95 Å². The van der Waals surface area contributed by atoms with Crippen LogP contribution in [0, 0.1) is 17.1 Å². The fourth-order valence-corrected chi connectivity index (χ4v) is 5.33. The van der Waals surface area contributed by atoms with Gasteiger partial charge < -0.3 is 15.1 Å². The Morgan fingerprint density at radius 3 is 2.50 bits per heavy atom. The zero-order valence-corrected chi connectivity index (χ0v) is 18.1. The molecule has 2 aliphatic rings. The van der Waals surface area contributed by atoms with Crippen LogP contribution in [-0.4, -0.2) is 46.1 Å². The van der Waals surface area contributed by atoms with Crippen molar-refractivity contribution in [3.8, 4) is 6.07 Å². The molecule has 1 N–H and O–H groups in total. The molecular weight excluding hydrogens is 427 g/mol. The monoisotopic (exact) mass is 448 g/mol. The number of piperazine rings is 1. The Morgan fingerprint density at radius 2 is 1.78 bits per heavy atom.